The maximum Gasteiger partial charge on any atom is 0.451 e. The van der Waals surface area contributed by atoms with E-state index in [0.29, 0.717) is 11.6 Å². The van der Waals surface area contributed by atoms with Crippen LogP contribution in [0.4, 0.5) is 26.3 Å². The average molecular weight is 489 g/mol. The van der Waals surface area contributed by atoms with Crippen LogP contribution < -0.4 is 5.32 Å². The Morgan fingerprint density at radius 3 is 2.15 bits per heavy atom. The standard InChI is InChI=1S/C20H13F6N3O3S/c21-19(22,23)13-2-1-3-15(10-13)33(31,32)14-6-4-12(5-7-14)11-28-17(30)16-8-9-27-18(29-16)20(24,25)26/h1-10H,11H2,(H,28,30). The molecule has 0 aliphatic rings. The fraction of sp³-hybridized carbons (Fsp3) is 0.150. The molecular formula is C20H13F6N3O3S. The summed E-state index contributed by atoms with van der Waals surface area (Å²) in [5.41, 5.74) is -1.24. The van der Waals surface area contributed by atoms with Crippen molar-refractivity contribution in [2.75, 3.05) is 0 Å². The number of rotatable bonds is 5. The Kier molecular flexibility index (Phi) is 6.45. The largest absolute Gasteiger partial charge is 0.451 e. The van der Waals surface area contributed by atoms with Gasteiger partial charge in [-0.2, -0.15) is 26.3 Å². The van der Waals surface area contributed by atoms with Gasteiger partial charge in [0.15, 0.2) is 0 Å². The summed E-state index contributed by atoms with van der Waals surface area (Å²) in [6.07, 6.45) is -8.74. The number of alkyl halides is 6. The molecule has 0 saturated carbocycles. The van der Waals surface area contributed by atoms with Crippen molar-refractivity contribution in [2.45, 2.75) is 28.7 Å². The van der Waals surface area contributed by atoms with Crippen LogP contribution in [0, 0.1) is 0 Å². The van der Waals surface area contributed by atoms with Crippen molar-refractivity contribution in [3.05, 3.63) is 83.4 Å². The fourth-order valence-electron chi connectivity index (χ4n) is 2.66. The SMILES string of the molecule is O=C(NCc1ccc(S(=O)(=O)c2cccc(C(F)(F)F)c2)cc1)c1ccnc(C(F)(F)F)n1. The summed E-state index contributed by atoms with van der Waals surface area (Å²) in [6, 6.07) is 9.19. The molecule has 3 rings (SSSR count). The minimum atomic E-state index is -4.82. The van der Waals surface area contributed by atoms with E-state index in [0.717, 1.165) is 42.6 Å². The van der Waals surface area contributed by atoms with E-state index in [1.165, 1.54) is 12.1 Å². The van der Waals surface area contributed by atoms with Gasteiger partial charge in [-0.25, -0.2) is 18.4 Å². The molecule has 2 aromatic carbocycles. The molecule has 1 amide bonds. The topological polar surface area (TPSA) is 89.0 Å². The molecule has 0 fully saturated rings. The molecule has 1 N–H and O–H groups in total. The lowest BCUT2D eigenvalue weighted by molar-refractivity contribution is -0.145. The van der Waals surface area contributed by atoms with Crippen molar-refractivity contribution in [3.8, 4) is 0 Å². The Labute approximate surface area is 183 Å². The third-order valence-electron chi connectivity index (χ3n) is 4.30. The van der Waals surface area contributed by atoms with Crippen molar-refractivity contribution < 1.29 is 39.6 Å². The lowest BCUT2D eigenvalue weighted by Gasteiger charge is -2.10. The van der Waals surface area contributed by atoms with Crippen LogP contribution >= 0.6 is 0 Å². The molecule has 0 spiro atoms. The highest BCUT2D eigenvalue weighted by atomic mass is 32.2. The number of sulfone groups is 1. The summed E-state index contributed by atoms with van der Waals surface area (Å²) in [5, 5.41) is 2.34. The Morgan fingerprint density at radius 2 is 1.55 bits per heavy atom. The maximum atomic E-state index is 12.9. The zero-order chi connectivity index (χ0) is 24.4. The van der Waals surface area contributed by atoms with Gasteiger partial charge >= 0.3 is 12.4 Å². The molecule has 174 valence electrons. The van der Waals surface area contributed by atoms with Crippen LogP contribution in [0.1, 0.15) is 27.4 Å². The predicted octanol–water partition coefficient (Wildman–Crippen LogP) is 4.28. The number of nitrogens with one attached hydrogen (secondary N) is 1. The van der Waals surface area contributed by atoms with Gasteiger partial charge in [0.2, 0.25) is 15.7 Å². The zero-order valence-electron chi connectivity index (χ0n) is 16.3. The first kappa shape index (κ1) is 24.2. The van der Waals surface area contributed by atoms with Gasteiger partial charge in [0, 0.05) is 12.7 Å². The minimum Gasteiger partial charge on any atom is -0.347 e. The van der Waals surface area contributed by atoms with Gasteiger partial charge in [-0.15, -0.1) is 0 Å². The second kappa shape index (κ2) is 8.81. The number of carbonyl (C=O) groups excluding carboxylic acids is 1. The number of nitrogens with zero attached hydrogens (tertiary/aromatic N) is 2. The van der Waals surface area contributed by atoms with Crippen molar-refractivity contribution in [3.63, 3.8) is 0 Å². The zero-order valence-corrected chi connectivity index (χ0v) is 17.1. The second-order valence-electron chi connectivity index (χ2n) is 6.62. The molecule has 0 saturated heterocycles. The van der Waals surface area contributed by atoms with Gasteiger partial charge in [-0.1, -0.05) is 18.2 Å². The Hall–Kier alpha value is -3.48. The molecule has 13 heteroatoms. The van der Waals surface area contributed by atoms with Crippen LogP contribution in [0.15, 0.2) is 70.6 Å². The number of benzene rings is 2. The number of amides is 1. The Morgan fingerprint density at radius 1 is 0.879 bits per heavy atom. The highest BCUT2D eigenvalue weighted by molar-refractivity contribution is 7.91. The maximum absolute atomic E-state index is 12.9. The highest BCUT2D eigenvalue weighted by Crippen LogP contribution is 2.32. The molecule has 33 heavy (non-hydrogen) atoms. The lowest BCUT2D eigenvalue weighted by atomic mass is 10.2. The van der Waals surface area contributed by atoms with Crippen LogP contribution in [0.5, 0.6) is 0 Å². The molecule has 3 aromatic rings. The monoisotopic (exact) mass is 489 g/mol. The van der Waals surface area contributed by atoms with Crippen LogP contribution in [-0.2, 0) is 28.7 Å². The molecule has 0 atom stereocenters. The molecule has 0 aliphatic heterocycles. The summed E-state index contributed by atoms with van der Waals surface area (Å²) in [4.78, 5) is 17.5. The van der Waals surface area contributed by atoms with E-state index in [1.54, 1.807) is 0 Å². The molecule has 0 unspecified atom stereocenters. The molecular weight excluding hydrogens is 476 g/mol. The summed E-state index contributed by atoms with van der Waals surface area (Å²) in [6.45, 7) is -0.173. The fourth-order valence-corrected chi connectivity index (χ4v) is 3.96. The minimum absolute atomic E-state index is 0.173. The molecule has 0 radical (unpaired) electrons. The summed E-state index contributed by atoms with van der Waals surface area (Å²) in [7, 11) is -4.24. The van der Waals surface area contributed by atoms with Crippen LogP contribution in [-0.4, -0.2) is 24.3 Å². The second-order valence-corrected chi connectivity index (χ2v) is 8.57. The number of halogens is 6. The molecule has 6 nitrogen and oxygen atoms in total. The lowest BCUT2D eigenvalue weighted by Crippen LogP contribution is -2.25. The summed E-state index contributed by atoms with van der Waals surface area (Å²) < 4.78 is 102. The highest BCUT2D eigenvalue weighted by Gasteiger charge is 2.35. The third kappa shape index (κ3) is 5.66. The number of carbonyl (C=O) groups is 1. The number of aromatic nitrogens is 2. The van der Waals surface area contributed by atoms with E-state index < -0.39 is 50.1 Å². The normalized spacial score (nSPS) is 12.4. The summed E-state index contributed by atoms with van der Waals surface area (Å²) >= 11 is 0. The van der Waals surface area contributed by atoms with Gasteiger partial charge < -0.3 is 5.32 Å². The smallest absolute Gasteiger partial charge is 0.347 e. The van der Waals surface area contributed by atoms with Gasteiger partial charge in [-0.3, -0.25) is 4.79 Å². The number of hydrogen-bond acceptors (Lipinski definition) is 5. The van der Waals surface area contributed by atoms with Crippen LogP contribution in [0.2, 0.25) is 0 Å². The molecule has 1 heterocycles. The summed E-state index contributed by atoms with van der Waals surface area (Å²) in [5.74, 6) is -2.39. The van der Waals surface area contributed by atoms with Crippen molar-refractivity contribution in [1.82, 2.24) is 15.3 Å². The van der Waals surface area contributed by atoms with Gasteiger partial charge in [0.25, 0.3) is 5.91 Å². The molecule has 0 aliphatic carbocycles. The Bertz CT molecular complexity index is 1270. The number of hydrogen-bond donors (Lipinski definition) is 1. The van der Waals surface area contributed by atoms with Gasteiger partial charge in [-0.05, 0) is 42.0 Å². The first-order chi connectivity index (χ1) is 15.3. The first-order valence-corrected chi connectivity index (χ1v) is 10.5. The quantitative estimate of drug-likeness (QED) is 0.541. The van der Waals surface area contributed by atoms with Crippen LogP contribution in [0.25, 0.3) is 0 Å². The van der Waals surface area contributed by atoms with Crippen molar-refractivity contribution in [2.24, 2.45) is 0 Å². The molecule has 1 aromatic heterocycles. The van der Waals surface area contributed by atoms with E-state index in [1.807, 2.05) is 0 Å². The predicted molar refractivity (Wildman–Crippen MR) is 102 cm³/mol. The first-order valence-electron chi connectivity index (χ1n) is 8.98. The van der Waals surface area contributed by atoms with E-state index in [4.69, 9.17) is 0 Å². The molecule has 0 bridgehead atoms. The van der Waals surface area contributed by atoms with Crippen molar-refractivity contribution >= 4 is 15.7 Å². The van der Waals surface area contributed by atoms with E-state index in [2.05, 4.69) is 15.3 Å². The van der Waals surface area contributed by atoms with Gasteiger partial charge in [0.05, 0.1) is 15.4 Å². The van der Waals surface area contributed by atoms with Crippen molar-refractivity contribution in [1.29, 1.82) is 0 Å². The third-order valence-corrected chi connectivity index (χ3v) is 6.07. The van der Waals surface area contributed by atoms with E-state index >= 15 is 0 Å². The van der Waals surface area contributed by atoms with E-state index in [9.17, 15) is 39.6 Å². The Balaban J connectivity index is 1.73. The van der Waals surface area contributed by atoms with E-state index in [-0.39, 0.29) is 11.4 Å². The van der Waals surface area contributed by atoms with Gasteiger partial charge in [0.1, 0.15) is 5.69 Å². The van der Waals surface area contributed by atoms with Crippen LogP contribution in [0.3, 0.4) is 0 Å². The average Bonchev–Trinajstić information content (AvgIpc) is 2.77.